The number of hydrogen-bond acceptors (Lipinski definition) is 5. The van der Waals surface area contributed by atoms with E-state index in [2.05, 4.69) is 9.71 Å². The fraction of sp³-hybridized carbons (Fsp3) is 0.273. The molecule has 0 bridgehead atoms. The molecule has 108 valence electrons. The quantitative estimate of drug-likeness (QED) is 0.875. The van der Waals surface area contributed by atoms with Gasteiger partial charge in [0.1, 0.15) is 4.88 Å². The summed E-state index contributed by atoms with van der Waals surface area (Å²) in [6, 6.07) is 0. The number of hydrogen-bond donors (Lipinski definition) is 2. The summed E-state index contributed by atoms with van der Waals surface area (Å²) in [4.78, 5) is 14.8. The smallest absolute Gasteiger partial charge is 0.348 e. The molecule has 0 saturated heterocycles. The maximum absolute atomic E-state index is 12.2. The molecular weight excluding hydrogens is 302 g/mol. The van der Waals surface area contributed by atoms with Crippen molar-refractivity contribution in [3.63, 3.8) is 0 Å². The van der Waals surface area contributed by atoms with Gasteiger partial charge in [0.15, 0.2) is 5.03 Å². The lowest BCUT2D eigenvalue weighted by Crippen LogP contribution is -2.15. The topological polar surface area (TPSA) is 101 Å². The molecule has 0 amide bonds. The van der Waals surface area contributed by atoms with Crippen molar-refractivity contribution in [3.8, 4) is 0 Å². The van der Waals surface area contributed by atoms with E-state index in [9.17, 15) is 13.2 Å². The number of thiophene rings is 1. The Bertz CT molecular complexity index is 746. The number of anilines is 1. The molecule has 0 fully saturated rings. The Hall–Kier alpha value is -1.87. The van der Waals surface area contributed by atoms with E-state index in [0.717, 1.165) is 11.3 Å². The SMILES string of the molecule is CCn1cnc(S(=O)(=O)Nc2c(C)csc2C(=O)O)c1. The first-order valence-corrected chi connectivity index (χ1v) is 8.07. The van der Waals surface area contributed by atoms with E-state index < -0.39 is 16.0 Å². The third-order valence-corrected chi connectivity index (χ3v) is 4.98. The molecule has 0 unspecified atom stereocenters. The zero-order valence-electron chi connectivity index (χ0n) is 10.8. The highest BCUT2D eigenvalue weighted by atomic mass is 32.2. The van der Waals surface area contributed by atoms with Crippen LogP contribution in [0.3, 0.4) is 0 Å². The van der Waals surface area contributed by atoms with Gasteiger partial charge in [-0.2, -0.15) is 8.42 Å². The van der Waals surface area contributed by atoms with E-state index >= 15 is 0 Å². The van der Waals surface area contributed by atoms with Gasteiger partial charge in [-0.15, -0.1) is 11.3 Å². The third-order valence-electron chi connectivity index (χ3n) is 2.66. The summed E-state index contributed by atoms with van der Waals surface area (Å²) in [5.74, 6) is -1.17. The molecule has 7 nitrogen and oxygen atoms in total. The minimum atomic E-state index is -3.89. The van der Waals surface area contributed by atoms with Crippen molar-refractivity contribution >= 4 is 33.0 Å². The predicted octanol–water partition coefficient (Wildman–Crippen LogP) is 1.77. The number of sulfonamides is 1. The number of rotatable bonds is 5. The Balaban J connectivity index is 2.38. The monoisotopic (exact) mass is 315 g/mol. The molecule has 9 heteroatoms. The number of aromatic carboxylic acids is 1. The van der Waals surface area contributed by atoms with Gasteiger partial charge in [-0.1, -0.05) is 0 Å². The Labute approximate surface area is 119 Å². The van der Waals surface area contributed by atoms with E-state index in [1.807, 2.05) is 6.92 Å². The minimum absolute atomic E-state index is 0.0407. The lowest BCUT2D eigenvalue weighted by Gasteiger charge is -2.06. The number of nitrogens with zero attached hydrogens (tertiary/aromatic N) is 2. The van der Waals surface area contributed by atoms with E-state index in [-0.39, 0.29) is 15.6 Å². The van der Waals surface area contributed by atoms with E-state index in [1.54, 1.807) is 16.9 Å². The van der Waals surface area contributed by atoms with Crippen molar-refractivity contribution in [1.29, 1.82) is 0 Å². The summed E-state index contributed by atoms with van der Waals surface area (Å²) in [6.45, 7) is 4.10. The molecule has 0 spiro atoms. The van der Waals surface area contributed by atoms with Crippen LogP contribution >= 0.6 is 11.3 Å². The molecule has 0 atom stereocenters. The summed E-state index contributed by atoms with van der Waals surface area (Å²) < 4.78 is 28.3. The van der Waals surface area contributed by atoms with Crippen molar-refractivity contribution in [2.24, 2.45) is 0 Å². The highest BCUT2D eigenvalue weighted by molar-refractivity contribution is 7.92. The maximum atomic E-state index is 12.2. The first-order valence-electron chi connectivity index (χ1n) is 5.71. The second kappa shape index (κ2) is 5.25. The summed E-state index contributed by atoms with van der Waals surface area (Å²) in [5, 5.41) is 10.5. The zero-order chi connectivity index (χ0) is 14.9. The van der Waals surface area contributed by atoms with Crippen LogP contribution in [0.15, 0.2) is 22.9 Å². The third kappa shape index (κ3) is 2.68. The van der Waals surface area contributed by atoms with Crippen molar-refractivity contribution in [2.45, 2.75) is 25.4 Å². The normalized spacial score (nSPS) is 11.5. The predicted molar refractivity (Wildman–Crippen MR) is 74.7 cm³/mol. The Kier molecular flexibility index (Phi) is 3.82. The molecule has 0 aliphatic rings. The molecule has 0 aliphatic heterocycles. The largest absolute Gasteiger partial charge is 0.477 e. The van der Waals surface area contributed by atoms with Gasteiger partial charge in [0.25, 0.3) is 10.0 Å². The second-order valence-corrected chi connectivity index (χ2v) is 6.58. The summed E-state index contributed by atoms with van der Waals surface area (Å²) >= 11 is 0.978. The van der Waals surface area contributed by atoms with Gasteiger partial charge < -0.3 is 9.67 Å². The Morgan fingerprint density at radius 2 is 2.25 bits per heavy atom. The van der Waals surface area contributed by atoms with Gasteiger partial charge in [-0.3, -0.25) is 4.72 Å². The average molecular weight is 315 g/mol. The fourth-order valence-corrected chi connectivity index (χ4v) is 3.57. The fourth-order valence-electron chi connectivity index (χ4n) is 1.57. The van der Waals surface area contributed by atoms with E-state index in [0.29, 0.717) is 12.1 Å². The molecule has 0 aliphatic carbocycles. The van der Waals surface area contributed by atoms with Crippen LogP contribution in [0.1, 0.15) is 22.2 Å². The van der Waals surface area contributed by atoms with E-state index in [1.165, 1.54) is 12.5 Å². The number of aromatic nitrogens is 2. The first kappa shape index (κ1) is 14.5. The molecule has 0 aromatic carbocycles. The maximum Gasteiger partial charge on any atom is 0.348 e. The molecule has 0 saturated carbocycles. The molecule has 2 aromatic heterocycles. The lowest BCUT2D eigenvalue weighted by atomic mass is 10.3. The number of nitrogens with one attached hydrogen (secondary N) is 1. The lowest BCUT2D eigenvalue weighted by molar-refractivity contribution is 0.0703. The molecule has 2 aromatic rings. The molecule has 20 heavy (non-hydrogen) atoms. The van der Waals surface area contributed by atoms with Gasteiger partial charge in [0, 0.05) is 12.7 Å². The molecule has 2 rings (SSSR count). The number of carboxylic acids is 1. The molecule has 0 radical (unpaired) electrons. The first-order chi connectivity index (χ1) is 9.35. The summed E-state index contributed by atoms with van der Waals surface area (Å²) in [6.07, 6.45) is 2.80. The minimum Gasteiger partial charge on any atom is -0.477 e. The number of aryl methyl sites for hydroxylation is 2. The summed E-state index contributed by atoms with van der Waals surface area (Å²) in [7, 11) is -3.89. The van der Waals surface area contributed by atoms with Gasteiger partial charge in [0.05, 0.1) is 12.0 Å². The average Bonchev–Trinajstić information content (AvgIpc) is 2.97. The van der Waals surface area contributed by atoms with Crippen molar-refractivity contribution < 1.29 is 18.3 Å². The van der Waals surface area contributed by atoms with Crippen molar-refractivity contribution in [3.05, 3.63) is 28.3 Å². The highest BCUT2D eigenvalue weighted by Crippen LogP contribution is 2.29. The van der Waals surface area contributed by atoms with Crippen LogP contribution in [0.2, 0.25) is 0 Å². The van der Waals surface area contributed by atoms with Crippen LogP contribution in [0.5, 0.6) is 0 Å². The van der Waals surface area contributed by atoms with Crippen LogP contribution in [0.25, 0.3) is 0 Å². The molecule has 2 N–H and O–H groups in total. The van der Waals surface area contributed by atoms with Crippen molar-refractivity contribution in [2.75, 3.05) is 4.72 Å². The van der Waals surface area contributed by atoms with Gasteiger partial charge in [0.2, 0.25) is 0 Å². The van der Waals surface area contributed by atoms with E-state index in [4.69, 9.17) is 5.11 Å². The van der Waals surface area contributed by atoms with Crippen molar-refractivity contribution in [1.82, 2.24) is 9.55 Å². The highest BCUT2D eigenvalue weighted by Gasteiger charge is 2.23. The molecule has 2 heterocycles. The second-order valence-electron chi connectivity index (χ2n) is 4.08. The standard InChI is InChI=1S/C11H13N3O4S2/c1-3-14-4-8(12-6-14)20(17,18)13-9-7(2)5-19-10(9)11(15)16/h4-6,13H,3H2,1-2H3,(H,15,16). The van der Waals surface area contributed by atoms with Gasteiger partial charge >= 0.3 is 5.97 Å². The van der Waals surface area contributed by atoms with Crippen LogP contribution in [-0.2, 0) is 16.6 Å². The Morgan fingerprint density at radius 3 is 2.80 bits per heavy atom. The van der Waals surface area contributed by atoms with Crippen LogP contribution in [0.4, 0.5) is 5.69 Å². The van der Waals surface area contributed by atoms with Crippen LogP contribution in [0, 0.1) is 6.92 Å². The van der Waals surface area contributed by atoms with Gasteiger partial charge in [-0.25, -0.2) is 9.78 Å². The zero-order valence-corrected chi connectivity index (χ0v) is 12.5. The van der Waals surface area contributed by atoms with Gasteiger partial charge in [-0.05, 0) is 24.8 Å². The number of carboxylic acid groups (broad SMARTS) is 1. The Morgan fingerprint density at radius 1 is 1.55 bits per heavy atom. The van der Waals surface area contributed by atoms with Crippen LogP contribution < -0.4 is 4.72 Å². The summed E-state index contributed by atoms with van der Waals surface area (Å²) in [5.41, 5.74) is 0.652. The molecular formula is C11H13N3O4S2. The number of imidazole rings is 1. The van der Waals surface area contributed by atoms with Crippen LogP contribution in [-0.4, -0.2) is 29.0 Å². The number of carbonyl (C=O) groups is 1.